The van der Waals surface area contributed by atoms with E-state index in [0.29, 0.717) is 58.7 Å². The fourth-order valence-corrected chi connectivity index (χ4v) is 6.34. The Morgan fingerprint density at radius 2 is 1.29 bits per heavy atom. The van der Waals surface area contributed by atoms with E-state index in [1.54, 1.807) is 92.7 Å². The molecule has 0 unspecified atom stereocenters. The van der Waals surface area contributed by atoms with Crippen LogP contribution in [0.5, 0.6) is 0 Å². The van der Waals surface area contributed by atoms with Crippen molar-refractivity contribution in [3.63, 3.8) is 0 Å². The number of imide groups is 1. The first kappa shape index (κ1) is 50.8. The number of hydrogen-bond donors (Lipinski definition) is 5. The highest BCUT2D eigenvalue weighted by atomic mass is 35.5. The number of rotatable bonds is 25. The van der Waals surface area contributed by atoms with Crippen LogP contribution >= 0.6 is 23.2 Å². The number of aldehydes is 1. The molecular formula is C44H56Cl2N6O10. The standard InChI is InChI=1S/C44H56Cl2N6O10/c1-29(2)38(25-53)52(44(59)62-28-32-17-7-9-19-34(32)46)42(57)37(24-39(54)60-26-30-14-4-3-5-15-30)51-41(56)36(50-40(55)35(48)20-10-12-22-47)21-11-13-23-49-43(58)61-27-31-16-6-8-18-33(31)45/h3-9,14-19,25,29,35-38H,10-13,20-24,26-28,47-48H2,1-2H3,(H,49,58)(H,50,55)(H,51,56)/t35-,36-,37-,38+/m0/s1. The van der Waals surface area contributed by atoms with Gasteiger partial charge in [0, 0.05) is 27.7 Å². The van der Waals surface area contributed by atoms with Crippen LogP contribution in [-0.2, 0) is 58.0 Å². The van der Waals surface area contributed by atoms with Crippen molar-refractivity contribution in [2.75, 3.05) is 13.1 Å². The van der Waals surface area contributed by atoms with E-state index in [1.165, 1.54) is 0 Å². The second-order valence-corrected chi connectivity index (χ2v) is 15.5. The topological polar surface area (TPSA) is 239 Å². The number of nitrogens with zero attached hydrogens (tertiary/aromatic N) is 1. The van der Waals surface area contributed by atoms with Crippen molar-refractivity contribution >= 4 is 65.4 Å². The molecule has 7 N–H and O–H groups in total. The SMILES string of the molecule is CC(C)[C@@H](C=O)N(C(=O)OCc1ccccc1Cl)C(=O)[C@H](CC(=O)OCc1ccccc1)NC(=O)[C@H](CCCCNC(=O)OCc1ccccc1Cl)NC(=O)[C@@H](N)CCCCN. The molecule has 0 aliphatic heterocycles. The van der Waals surface area contributed by atoms with Crippen molar-refractivity contribution < 1.29 is 47.8 Å². The van der Waals surface area contributed by atoms with Crippen LogP contribution in [0.15, 0.2) is 78.9 Å². The number of alkyl carbamates (subject to hydrolysis) is 1. The van der Waals surface area contributed by atoms with E-state index in [0.717, 1.165) is 0 Å². The highest BCUT2D eigenvalue weighted by molar-refractivity contribution is 6.31. The molecule has 16 nitrogen and oxygen atoms in total. The van der Waals surface area contributed by atoms with Gasteiger partial charge in [-0.3, -0.25) is 19.2 Å². The van der Waals surface area contributed by atoms with E-state index in [4.69, 9.17) is 48.9 Å². The quantitative estimate of drug-likeness (QED) is 0.0314. The predicted octanol–water partition coefficient (Wildman–Crippen LogP) is 5.34. The van der Waals surface area contributed by atoms with E-state index in [9.17, 15) is 33.6 Å². The third-order valence-electron chi connectivity index (χ3n) is 9.54. The van der Waals surface area contributed by atoms with Gasteiger partial charge >= 0.3 is 18.2 Å². The summed E-state index contributed by atoms with van der Waals surface area (Å²) >= 11 is 12.4. The van der Waals surface area contributed by atoms with Gasteiger partial charge in [0.15, 0.2) is 0 Å². The summed E-state index contributed by atoms with van der Waals surface area (Å²) < 4.78 is 16.1. The van der Waals surface area contributed by atoms with Gasteiger partial charge in [-0.05, 0) is 62.3 Å². The van der Waals surface area contributed by atoms with Gasteiger partial charge in [-0.25, -0.2) is 14.5 Å². The average Bonchev–Trinajstić information content (AvgIpc) is 3.25. The van der Waals surface area contributed by atoms with Crippen LogP contribution < -0.4 is 27.4 Å². The second-order valence-electron chi connectivity index (χ2n) is 14.7. The van der Waals surface area contributed by atoms with Gasteiger partial charge in [-0.2, -0.15) is 0 Å². The summed E-state index contributed by atoms with van der Waals surface area (Å²) in [5.41, 5.74) is 13.4. The van der Waals surface area contributed by atoms with Gasteiger partial charge in [0.25, 0.3) is 5.91 Å². The lowest BCUT2D eigenvalue weighted by Crippen LogP contribution is -2.59. The molecule has 0 heterocycles. The van der Waals surface area contributed by atoms with Crippen molar-refractivity contribution in [2.45, 2.75) is 103 Å². The molecule has 62 heavy (non-hydrogen) atoms. The fraction of sp³-hybridized carbons (Fsp3) is 0.432. The van der Waals surface area contributed by atoms with Crippen LogP contribution in [0.1, 0.15) is 75.5 Å². The molecule has 3 aromatic rings. The highest BCUT2D eigenvalue weighted by Crippen LogP contribution is 2.20. The van der Waals surface area contributed by atoms with Gasteiger partial charge in [0.1, 0.15) is 44.2 Å². The first-order valence-electron chi connectivity index (χ1n) is 20.3. The van der Waals surface area contributed by atoms with Crippen LogP contribution in [0.2, 0.25) is 10.0 Å². The number of carbonyl (C=O) groups is 7. The maximum Gasteiger partial charge on any atom is 0.417 e. The van der Waals surface area contributed by atoms with E-state index < -0.39 is 72.4 Å². The molecular weight excluding hydrogens is 843 g/mol. The number of ether oxygens (including phenoxy) is 3. The lowest BCUT2D eigenvalue weighted by atomic mass is 10.0. The number of amides is 5. The fourth-order valence-electron chi connectivity index (χ4n) is 5.96. The van der Waals surface area contributed by atoms with Crippen LogP contribution in [-0.4, -0.2) is 84.3 Å². The molecule has 0 saturated carbocycles. The number of esters is 1. The normalized spacial score (nSPS) is 12.8. The Morgan fingerprint density at radius 3 is 1.89 bits per heavy atom. The van der Waals surface area contributed by atoms with Crippen molar-refractivity contribution in [1.29, 1.82) is 0 Å². The largest absolute Gasteiger partial charge is 0.461 e. The van der Waals surface area contributed by atoms with Crippen LogP contribution in [0.3, 0.4) is 0 Å². The molecule has 4 atom stereocenters. The first-order chi connectivity index (χ1) is 29.7. The van der Waals surface area contributed by atoms with Gasteiger partial charge in [0.05, 0.1) is 12.5 Å². The Kier molecular flexibility index (Phi) is 22.5. The Labute approximate surface area is 371 Å². The molecule has 0 fully saturated rings. The highest BCUT2D eigenvalue weighted by Gasteiger charge is 2.40. The minimum atomic E-state index is -1.79. The number of halogens is 2. The molecule has 3 rings (SSSR count). The number of hydrogen-bond acceptors (Lipinski definition) is 12. The lowest BCUT2D eigenvalue weighted by Gasteiger charge is -2.32. The van der Waals surface area contributed by atoms with Gasteiger partial charge in [-0.1, -0.05) is 110 Å². The van der Waals surface area contributed by atoms with Gasteiger partial charge in [-0.15, -0.1) is 0 Å². The zero-order valence-corrected chi connectivity index (χ0v) is 36.4. The van der Waals surface area contributed by atoms with E-state index in [2.05, 4.69) is 16.0 Å². The Hall–Kier alpha value is -5.55. The van der Waals surface area contributed by atoms with E-state index in [1.807, 2.05) is 0 Å². The summed E-state index contributed by atoms with van der Waals surface area (Å²) in [6.45, 7) is 3.16. The summed E-state index contributed by atoms with van der Waals surface area (Å²) in [5, 5.41) is 8.53. The summed E-state index contributed by atoms with van der Waals surface area (Å²) in [6.07, 6.45) is -0.255. The summed E-state index contributed by atoms with van der Waals surface area (Å²) in [5.74, 6) is -4.24. The number of benzene rings is 3. The van der Waals surface area contributed by atoms with Crippen molar-refractivity contribution in [3.05, 3.63) is 106 Å². The molecule has 3 aromatic carbocycles. The number of carbonyl (C=O) groups excluding carboxylic acids is 7. The molecule has 0 saturated heterocycles. The number of nitrogens with two attached hydrogens (primary N) is 2. The maximum atomic E-state index is 14.5. The molecule has 336 valence electrons. The van der Waals surface area contributed by atoms with E-state index in [-0.39, 0.29) is 50.7 Å². The monoisotopic (exact) mass is 898 g/mol. The Bertz CT molecular complexity index is 1940. The molecule has 5 amide bonds. The smallest absolute Gasteiger partial charge is 0.417 e. The molecule has 0 bridgehead atoms. The maximum absolute atomic E-state index is 14.5. The van der Waals surface area contributed by atoms with E-state index >= 15 is 0 Å². The zero-order chi connectivity index (χ0) is 45.4. The number of unbranched alkanes of at least 4 members (excludes halogenated alkanes) is 2. The minimum Gasteiger partial charge on any atom is -0.461 e. The molecule has 18 heteroatoms. The molecule has 0 aromatic heterocycles. The summed E-state index contributed by atoms with van der Waals surface area (Å²) in [7, 11) is 0. The third kappa shape index (κ3) is 17.4. The zero-order valence-electron chi connectivity index (χ0n) is 34.9. The Balaban J connectivity index is 1.85. The van der Waals surface area contributed by atoms with Gasteiger partial charge in [0.2, 0.25) is 11.8 Å². The average molecular weight is 900 g/mol. The van der Waals surface area contributed by atoms with Crippen LogP contribution in [0.4, 0.5) is 9.59 Å². The molecule has 0 aliphatic rings. The van der Waals surface area contributed by atoms with Crippen LogP contribution in [0, 0.1) is 5.92 Å². The van der Waals surface area contributed by atoms with Crippen molar-refractivity contribution in [3.8, 4) is 0 Å². The first-order valence-corrected chi connectivity index (χ1v) is 21.1. The minimum absolute atomic E-state index is 0.00461. The Morgan fingerprint density at radius 1 is 0.710 bits per heavy atom. The predicted molar refractivity (Wildman–Crippen MR) is 232 cm³/mol. The van der Waals surface area contributed by atoms with Crippen molar-refractivity contribution in [2.24, 2.45) is 17.4 Å². The lowest BCUT2D eigenvalue weighted by molar-refractivity contribution is -0.150. The molecule has 0 radical (unpaired) electrons. The molecule has 0 spiro atoms. The van der Waals surface area contributed by atoms with Crippen LogP contribution in [0.25, 0.3) is 0 Å². The summed E-state index contributed by atoms with van der Waals surface area (Å²) in [4.78, 5) is 94.4. The third-order valence-corrected chi connectivity index (χ3v) is 10.3. The number of nitrogens with one attached hydrogen (secondary N) is 3. The molecule has 0 aliphatic carbocycles. The van der Waals surface area contributed by atoms with Crippen molar-refractivity contribution in [1.82, 2.24) is 20.9 Å². The van der Waals surface area contributed by atoms with Gasteiger partial charge < -0.3 is 46.4 Å². The summed E-state index contributed by atoms with van der Waals surface area (Å²) in [6, 6.07) is 16.7. The second kappa shape index (κ2) is 27.4.